The summed E-state index contributed by atoms with van der Waals surface area (Å²) in [6, 6.07) is 11.2. The Morgan fingerprint density at radius 2 is 1.92 bits per heavy atom. The molecule has 2 aromatic carbocycles. The third-order valence-corrected chi connectivity index (χ3v) is 6.04. The molecule has 0 spiro atoms. The van der Waals surface area contributed by atoms with E-state index < -0.39 is 10.0 Å². The predicted molar refractivity (Wildman–Crippen MR) is 97.3 cm³/mol. The van der Waals surface area contributed by atoms with Gasteiger partial charge in [0, 0.05) is 17.7 Å². The number of rotatable bonds is 3. The Labute approximate surface area is 150 Å². The second kappa shape index (κ2) is 5.93. The highest BCUT2D eigenvalue weighted by Crippen LogP contribution is 2.51. The Balaban J connectivity index is 1.83. The van der Waals surface area contributed by atoms with Crippen molar-refractivity contribution in [1.82, 2.24) is 0 Å². The quantitative estimate of drug-likeness (QED) is 0.489. The number of benzene rings is 2. The van der Waals surface area contributed by atoms with Crippen LogP contribution in [0.2, 0.25) is 0 Å². The van der Waals surface area contributed by atoms with Gasteiger partial charge in [0.25, 0.3) is 5.69 Å². The number of fused-ring (bicyclic) bond motifs is 3. The third-order valence-electron chi connectivity index (χ3n) is 5.13. The van der Waals surface area contributed by atoms with E-state index in [2.05, 4.69) is 5.32 Å². The topological polar surface area (TPSA) is 115 Å². The van der Waals surface area contributed by atoms with Crippen LogP contribution in [-0.4, -0.2) is 13.3 Å². The average Bonchev–Trinajstić information content (AvgIpc) is 3.09. The minimum Gasteiger partial charge on any atom is -0.377 e. The van der Waals surface area contributed by atoms with Crippen LogP contribution in [0.1, 0.15) is 29.5 Å². The maximum atomic E-state index is 11.7. The molecule has 2 aromatic rings. The number of nitro benzene ring substituents is 1. The second-order valence-electron chi connectivity index (χ2n) is 6.59. The Bertz CT molecular complexity index is 1030. The molecule has 4 rings (SSSR count). The van der Waals surface area contributed by atoms with Crippen molar-refractivity contribution in [2.45, 2.75) is 23.3 Å². The molecule has 26 heavy (non-hydrogen) atoms. The van der Waals surface area contributed by atoms with Gasteiger partial charge in [0.05, 0.1) is 21.4 Å². The normalized spacial score (nSPS) is 23.8. The highest BCUT2D eigenvalue weighted by atomic mass is 32.2. The zero-order valence-electron chi connectivity index (χ0n) is 13.7. The van der Waals surface area contributed by atoms with Crippen LogP contribution in [0, 0.1) is 16.0 Å². The van der Waals surface area contributed by atoms with Crippen LogP contribution >= 0.6 is 0 Å². The van der Waals surface area contributed by atoms with E-state index in [9.17, 15) is 18.5 Å². The zero-order valence-corrected chi connectivity index (χ0v) is 14.5. The summed E-state index contributed by atoms with van der Waals surface area (Å²) in [6.07, 6.45) is 4.84. The Hall–Kier alpha value is -2.71. The number of para-hydroxylation sites is 1. The predicted octanol–water partition coefficient (Wildman–Crippen LogP) is 3.07. The number of anilines is 1. The first-order valence-electron chi connectivity index (χ1n) is 8.19. The van der Waals surface area contributed by atoms with Crippen LogP contribution in [0.5, 0.6) is 0 Å². The van der Waals surface area contributed by atoms with Gasteiger partial charge in [-0.05, 0) is 36.1 Å². The first-order valence-corrected chi connectivity index (χ1v) is 9.74. The van der Waals surface area contributed by atoms with Gasteiger partial charge in [-0.1, -0.05) is 30.4 Å². The lowest BCUT2D eigenvalue weighted by molar-refractivity contribution is -0.385. The molecule has 0 unspecified atom stereocenters. The van der Waals surface area contributed by atoms with Crippen LogP contribution in [0.25, 0.3) is 0 Å². The number of nitrogens with zero attached hydrogens (tertiary/aromatic N) is 1. The number of primary sulfonamides is 1. The minimum atomic E-state index is -3.79. The van der Waals surface area contributed by atoms with Gasteiger partial charge in [-0.2, -0.15) is 0 Å². The largest absolute Gasteiger partial charge is 0.377 e. The molecule has 1 aliphatic heterocycles. The molecule has 0 radical (unpaired) electrons. The summed E-state index contributed by atoms with van der Waals surface area (Å²) in [5, 5.41) is 20.1. The monoisotopic (exact) mass is 371 g/mol. The van der Waals surface area contributed by atoms with Gasteiger partial charge in [0.15, 0.2) is 0 Å². The number of nitrogens with two attached hydrogens (primary N) is 1. The van der Waals surface area contributed by atoms with Gasteiger partial charge < -0.3 is 5.32 Å². The van der Waals surface area contributed by atoms with Crippen LogP contribution < -0.4 is 10.5 Å². The van der Waals surface area contributed by atoms with Gasteiger partial charge in [-0.15, -0.1) is 0 Å². The SMILES string of the molecule is NS(=O)(=O)c1ccc2c(c1)[C@@H]1C=CC[C@@H]1[C@H](c1ccccc1[N+](=O)[O-])N2. The van der Waals surface area contributed by atoms with E-state index in [0.29, 0.717) is 5.56 Å². The fourth-order valence-corrected chi connectivity index (χ4v) is 4.52. The van der Waals surface area contributed by atoms with E-state index in [1.165, 1.54) is 12.1 Å². The number of nitro groups is 1. The lowest BCUT2D eigenvalue weighted by Crippen LogP contribution is -2.30. The fraction of sp³-hybridized carbons (Fsp3) is 0.222. The fourth-order valence-electron chi connectivity index (χ4n) is 3.97. The molecule has 0 aromatic heterocycles. The summed E-state index contributed by atoms with van der Waals surface area (Å²) >= 11 is 0. The Morgan fingerprint density at radius 1 is 1.15 bits per heavy atom. The summed E-state index contributed by atoms with van der Waals surface area (Å²) in [7, 11) is -3.79. The summed E-state index contributed by atoms with van der Waals surface area (Å²) in [5.74, 6) is 0.0529. The van der Waals surface area contributed by atoms with Crippen molar-refractivity contribution in [1.29, 1.82) is 0 Å². The van der Waals surface area contributed by atoms with E-state index in [1.54, 1.807) is 30.3 Å². The van der Waals surface area contributed by atoms with Crippen molar-refractivity contribution in [3.8, 4) is 0 Å². The van der Waals surface area contributed by atoms with Crippen molar-refractivity contribution < 1.29 is 13.3 Å². The number of hydrogen-bond acceptors (Lipinski definition) is 5. The number of sulfonamides is 1. The molecule has 134 valence electrons. The van der Waals surface area contributed by atoms with Crippen LogP contribution in [0.3, 0.4) is 0 Å². The highest BCUT2D eigenvalue weighted by molar-refractivity contribution is 7.89. The summed E-state index contributed by atoms with van der Waals surface area (Å²) in [6.45, 7) is 0. The number of nitrogens with one attached hydrogen (secondary N) is 1. The van der Waals surface area contributed by atoms with Crippen LogP contribution in [0.15, 0.2) is 59.5 Å². The van der Waals surface area contributed by atoms with Crippen LogP contribution in [-0.2, 0) is 10.0 Å². The van der Waals surface area contributed by atoms with E-state index in [1.807, 2.05) is 12.2 Å². The average molecular weight is 371 g/mol. The molecule has 7 nitrogen and oxygen atoms in total. The van der Waals surface area contributed by atoms with Crippen molar-refractivity contribution in [2.75, 3.05) is 5.32 Å². The molecule has 8 heteroatoms. The lowest BCUT2D eigenvalue weighted by Gasteiger charge is -2.37. The number of hydrogen-bond donors (Lipinski definition) is 2. The zero-order chi connectivity index (χ0) is 18.5. The summed E-state index contributed by atoms with van der Waals surface area (Å²) in [4.78, 5) is 11.1. The van der Waals surface area contributed by atoms with Crippen LogP contribution in [0.4, 0.5) is 11.4 Å². The van der Waals surface area contributed by atoms with Gasteiger partial charge in [-0.3, -0.25) is 10.1 Å². The van der Waals surface area contributed by atoms with Gasteiger partial charge in [0.2, 0.25) is 10.0 Å². The number of allylic oxidation sites excluding steroid dienone is 2. The molecule has 0 bridgehead atoms. The molecule has 1 heterocycles. The van der Waals surface area contributed by atoms with E-state index in [0.717, 1.165) is 17.7 Å². The molecule has 0 saturated carbocycles. The smallest absolute Gasteiger partial charge is 0.274 e. The molecule has 3 N–H and O–H groups in total. The second-order valence-corrected chi connectivity index (χ2v) is 8.15. The standard InChI is InChI=1S/C18H17N3O4S/c19-26(24,25)11-8-9-16-15(10-11)12-5-3-6-13(12)18(20-16)14-4-1-2-7-17(14)21(22)23/h1-5,7-10,12-13,18,20H,6H2,(H2,19,24,25)/t12-,13+,18-/m1/s1. The maximum Gasteiger partial charge on any atom is 0.274 e. The summed E-state index contributed by atoms with van der Waals surface area (Å²) in [5.41, 5.74) is 2.34. The minimum absolute atomic E-state index is 0.0160. The lowest BCUT2D eigenvalue weighted by atomic mass is 9.76. The first kappa shape index (κ1) is 16.7. The van der Waals surface area contributed by atoms with E-state index in [4.69, 9.17) is 5.14 Å². The van der Waals surface area contributed by atoms with Gasteiger partial charge in [-0.25, -0.2) is 13.6 Å². The van der Waals surface area contributed by atoms with Crippen molar-refractivity contribution in [3.63, 3.8) is 0 Å². The van der Waals surface area contributed by atoms with E-state index >= 15 is 0 Å². The highest BCUT2D eigenvalue weighted by Gasteiger charge is 2.40. The molecule has 0 amide bonds. The first-order chi connectivity index (χ1) is 12.4. The van der Waals surface area contributed by atoms with E-state index in [-0.39, 0.29) is 33.4 Å². The van der Waals surface area contributed by atoms with Crippen molar-refractivity contribution in [3.05, 3.63) is 75.9 Å². The molecule has 3 atom stereocenters. The molecule has 2 aliphatic rings. The molecular formula is C18H17N3O4S. The third kappa shape index (κ3) is 2.67. The Kier molecular flexibility index (Phi) is 3.82. The van der Waals surface area contributed by atoms with Crippen molar-refractivity contribution in [2.24, 2.45) is 11.1 Å². The molecule has 0 fully saturated rings. The molecular weight excluding hydrogens is 354 g/mol. The van der Waals surface area contributed by atoms with Crippen molar-refractivity contribution >= 4 is 21.4 Å². The van der Waals surface area contributed by atoms with Gasteiger partial charge >= 0.3 is 0 Å². The maximum absolute atomic E-state index is 11.7. The Morgan fingerprint density at radius 3 is 2.65 bits per heavy atom. The molecule has 1 aliphatic carbocycles. The van der Waals surface area contributed by atoms with Gasteiger partial charge in [0.1, 0.15) is 0 Å². The molecule has 0 saturated heterocycles. The summed E-state index contributed by atoms with van der Waals surface area (Å²) < 4.78 is 23.4.